The lowest BCUT2D eigenvalue weighted by Gasteiger charge is -2.19. The highest BCUT2D eigenvalue weighted by Gasteiger charge is 2.19. The van der Waals surface area contributed by atoms with Gasteiger partial charge in [0.05, 0.1) is 5.71 Å². The molecule has 0 aliphatic heterocycles. The van der Waals surface area contributed by atoms with Gasteiger partial charge in [0.1, 0.15) is 5.84 Å². The Morgan fingerprint density at radius 3 is 2.61 bits per heavy atom. The lowest BCUT2D eigenvalue weighted by atomic mass is 9.86. The molecule has 1 aliphatic rings. The van der Waals surface area contributed by atoms with E-state index in [-0.39, 0.29) is 11.8 Å². The number of nitrogens with two attached hydrogens (primary N) is 3. The minimum absolute atomic E-state index is 0.0580. The molecule has 0 saturated carbocycles. The molecule has 6 heteroatoms. The second-order valence-corrected chi connectivity index (χ2v) is 4.17. The van der Waals surface area contributed by atoms with Crippen LogP contribution in [0.3, 0.4) is 0 Å². The van der Waals surface area contributed by atoms with E-state index in [1.807, 2.05) is 18.2 Å². The van der Waals surface area contributed by atoms with Crippen molar-refractivity contribution >= 4 is 17.5 Å². The van der Waals surface area contributed by atoms with Crippen molar-refractivity contribution in [2.75, 3.05) is 0 Å². The van der Waals surface area contributed by atoms with Crippen molar-refractivity contribution in [3.8, 4) is 0 Å². The minimum Gasteiger partial charge on any atom is -0.384 e. The molecule has 0 heterocycles. The molecule has 7 N–H and O–H groups in total. The Balaban J connectivity index is 2.51. The van der Waals surface area contributed by atoms with E-state index < -0.39 is 0 Å². The molecule has 94 valence electrons. The highest BCUT2D eigenvalue weighted by Crippen LogP contribution is 2.25. The van der Waals surface area contributed by atoms with Crippen molar-refractivity contribution in [3.05, 3.63) is 34.9 Å². The van der Waals surface area contributed by atoms with E-state index in [1.54, 1.807) is 0 Å². The van der Waals surface area contributed by atoms with Crippen LogP contribution in [0, 0.1) is 5.41 Å². The quantitative estimate of drug-likeness (QED) is 0.339. The highest BCUT2D eigenvalue weighted by molar-refractivity contribution is 6.06. The number of amidine groups is 1. The van der Waals surface area contributed by atoms with Crippen LogP contribution < -0.4 is 17.2 Å². The molecule has 0 radical (unpaired) electrons. The van der Waals surface area contributed by atoms with Crippen LogP contribution in [0.5, 0.6) is 0 Å². The molecule has 0 fully saturated rings. The number of guanidine groups is 1. The summed E-state index contributed by atoms with van der Waals surface area (Å²) in [7, 11) is 0. The van der Waals surface area contributed by atoms with E-state index in [1.165, 1.54) is 0 Å². The van der Waals surface area contributed by atoms with E-state index in [9.17, 15) is 0 Å². The van der Waals surface area contributed by atoms with Crippen LogP contribution in [0.4, 0.5) is 0 Å². The van der Waals surface area contributed by atoms with Gasteiger partial charge in [-0.25, -0.2) is 0 Å². The number of nitrogens with zero attached hydrogens (tertiary/aromatic N) is 2. The highest BCUT2D eigenvalue weighted by atomic mass is 15.3. The molecule has 0 atom stereocenters. The van der Waals surface area contributed by atoms with Crippen LogP contribution in [0.1, 0.15) is 29.5 Å². The molecule has 0 amide bonds. The Kier molecular flexibility index (Phi) is 3.27. The van der Waals surface area contributed by atoms with Gasteiger partial charge in [-0.15, -0.1) is 5.10 Å². The van der Waals surface area contributed by atoms with Gasteiger partial charge >= 0.3 is 0 Å². The van der Waals surface area contributed by atoms with Crippen LogP contribution in [0.15, 0.2) is 28.4 Å². The molecule has 2 rings (SSSR count). The first-order valence-corrected chi connectivity index (χ1v) is 5.71. The largest absolute Gasteiger partial charge is 0.384 e. The standard InChI is InChI=1S/C12H16N6/c13-11(14)9-5-1-4-8-7(9)3-2-6-10(8)17-18-12(15)16/h1,4-5H,2-3,6H2,(H3,13,14)(H4,15,16,18). The Morgan fingerprint density at radius 1 is 1.17 bits per heavy atom. The minimum atomic E-state index is -0.0580. The zero-order valence-electron chi connectivity index (χ0n) is 9.98. The van der Waals surface area contributed by atoms with Crippen LogP contribution in [-0.4, -0.2) is 17.5 Å². The van der Waals surface area contributed by atoms with Gasteiger partial charge in [-0.2, -0.15) is 5.10 Å². The summed E-state index contributed by atoms with van der Waals surface area (Å²) in [6.45, 7) is 0. The second kappa shape index (κ2) is 4.87. The van der Waals surface area contributed by atoms with Gasteiger partial charge < -0.3 is 17.2 Å². The summed E-state index contributed by atoms with van der Waals surface area (Å²) in [4.78, 5) is 0. The first kappa shape index (κ1) is 12.1. The van der Waals surface area contributed by atoms with Crippen LogP contribution in [0.2, 0.25) is 0 Å². The molecule has 6 nitrogen and oxygen atoms in total. The predicted octanol–water partition coefficient (Wildman–Crippen LogP) is 0.284. The van der Waals surface area contributed by atoms with E-state index in [2.05, 4.69) is 10.2 Å². The van der Waals surface area contributed by atoms with Gasteiger partial charge in [-0.1, -0.05) is 18.2 Å². The maximum atomic E-state index is 7.58. The SMILES string of the molecule is N=C(N)c1cccc2c1CCCC2=NN=C(N)N. The van der Waals surface area contributed by atoms with Gasteiger partial charge in [0.25, 0.3) is 0 Å². The zero-order chi connectivity index (χ0) is 13.1. The lowest BCUT2D eigenvalue weighted by molar-refractivity contribution is 0.832. The molecule has 1 aliphatic carbocycles. The fourth-order valence-electron chi connectivity index (χ4n) is 2.17. The summed E-state index contributed by atoms with van der Waals surface area (Å²) >= 11 is 0. The third kappa shape index (κ3) is 2.32. The molecule has 18 heavy (non-hydrogen) atoms. The number of benzene rings is 1. The van der Waals surface area contributed by atoms with E-state index in [0.29, 0.717) is 0 Å². The Hall–Kier alpha value is -2.37. The molecule has 0 spiro atoms. The van der Waals surface area contributed by atoms with E-state index >= 15 is 0 Å². The van der Waals surface area contributed by atoms with Crippen LogP contribution in [0.25, 0.3) is 0 Å². The number of hydrogen-bond donors (Lipinski definition) is 4. The summed E-state index contributed by atoms with van der Waals surface area (Å²) in [6.07, 6.45) is 2.67. The Labute approximate surface area is 105 Å². The van der Waals surface area contributed by atoms with Gasteiger partial charge in [0.15, 0.2) is 0 Å². The van der Waals surface area contributed by atoms with Crippen molar-refractivity contribution < 1.29 is 0 Å². The summed E-state index contributed by atoms with van der Waals surface area (Å²) in [5.74, 6) is 0.0206. The average molecular weight is 244 g/mol. The third-order valence-corrected chi connectivity index (χ3v) is 2.90. The number of nitrogen functional groups attached to an aromatic ring is 1. The number of hydrogen-bond acceptors (Lipinski definition) is 3. The zero-order valence-corrected chi connectivity index (χ0v) is 9.98. The molecular formula is C12H16N6. The van der Waals surface area contributed by atoms with Crippen molar-refractivity contribution in [1.29, 1.82) is 5.41 Å². The fraction of sp³-hybridized carbons (Fsp3) is 0.250. The fourth-order valence-corrected chi connectivity index (χ4v) is 2.17. The number of fused-ring (bicyclic) bond motifs is 1. The van der Waals surface area contributed by atoms with Crippen molar-refractivity contribution in [3.63, 3.8) is 0 Å². The molecule has 0 unspecified atom stereocenters. The first-order chi connectivity index (χ1) is 8.59. The molecule has 0 aromatic heterocycles. The smallest absolute Gasteiger partial charge is 0.211 e. The van der Waals surface area contributed by atoms with Gasteiger partial charge in [-0.3, -0.25) is 5.41 Å². The summed E-state index contributed by atoms with van der Waals surface area (Å²) in [5.41, 5.74) is 19.8. The first-order valence-electron chi connectivity index (χ1n) is 5.71. The lowest BCUT2D eigenvalue weighted by Crippen LogP contribution is -2.23. The maximum absolute atomic E-state index is 7.58. The summed E-state index contributed by atoms with van der Waals surface area (Å²) in [6, 6.07) is 5.68. The summed E-state index contributed by atoms with van der Waals surface area (Å²) in [5, 5.41) is 15.3. The average Bonchev–Trinajstić information content (AvgIpc) is 2.35. The summed E-state index contributed by atoms with van der Waals surface area (Å²) < 4.78 is 0. The third-order valence-electron chi connectivity index (χ3n) is 2.90. The van der Waals surface area contributed by atoms with Gasteiger partial charge in [-0.05, 0) is 24.8 Å². The maximum Gasteiger partial charge on any atom is 0.211 e. The molecule has 1 aromatic rings. The van der Waals surface area contributed by atoms with Crippen LogP contribution in [-0.2, 0) is 6.42 Å². The normalized spacial score (nSPS) is 16.1. The predicted molar refractivity (Wildman–Crippen MR) is 72.7 cm³/mol. The molecular weight excluding hydrogens is 228 g/mol. The molecule has 1 aromatic carbocycles. The topological polar surface area (TPSA) is 127 Å². The molecule has 0 bridgehead atoms. The van der Waals surface area contributed by atoms with E-state index in [4.69, 9.17) is 22.6 Å². The van der Waals surface area contributed by atoms with Gasteiger partial charge in [0, 0.05) is 11.1 Å². The Morgan fingerprint density at radius 2 is 1.94 bits per heavy atom. The second-order valence-electron chi connectivity index (χ2n) is 4.17. The van der Waals surface area contributed by atoms with Crippen molar-refractivity contribution in [2.24, 2.45) is 27.4 Å². The van der Waals surface area contributed by atoms with Gasteiger partial charge in [0.2, 0.25) is 5.96 Å². The Bertz CT molecular complexity index is 539. The number of nitrogens with one attached hydrogen (secondary N) is 1. The van der Waals surface area contributed by atoms with Crippen LogP contribution >= 0.6 is 0 Å². The van der Waals surface area contributed by atoms with Crippen molar-refractivity contribution in [1.82, 2.24) is 0 Å². The number of rotatable bonds is 2. The molecule has 0 saturated heterocycles. The van der Waals surface area contributed by atoms with Crippen molar-refractivity contribution in [2.45, 2.75) is 19.3 Å². The van der Waals surface area contributed by atoms with E-state index in [0.717, 1.165) is 41.7 Å². The monoisotopic (exact) mass is 244 g/mol.